The molecule has 0 bridgehead atoms. The summed E-state index contributed by atoms with van der Waals surface area (Å²) in [7, 11) is 2.04. The summed E-state index contributed by atoms with van der Waals surface area (Å²) in [6.45, 7) is 4.00. The van der Waals surface area contributed by atoms with Crippen molar-refractivity contribution < 1.29 is 4.74 Å². The standard InChI is InChI=1S/C15H24N2O/c1-3-7-18-14-8-13(10-17-11-14)15-6-4-5-12(15)9-16-2/h8,10-12,15-16H,3-7,9H2,1-2H3. The largest absolute Gasteiger partial charge is 0.492 e. The Balaban J connectivity index is 2.07. The Morgan fingerprint density at radius 2 is 2.28 bits per heavy atom. The van der Waals surface area contributed by atoms with E-state index in [9.17, 15) is 0 Å². The molecule has 0 aliphatic heterocycles. The van der Waals surface area contributed by atoms with Crippen LogP contribution in [0, 0.1) is 5.92 Å². The Morgan fingerprint density at radius 1 is 1.39 bits per heavy atom. The SMILES string of the molecule is CCCOc1cncc(C2CCCC2CNC)c1. The maximum atomic E-state index is 5.67. The molecule has 0 amide bonds. The molecule has 2 atom stereocenters. The summed E-state index contributed by atoms with van der Waals surface area (Å²) in [6, 6.07) is 2.18. The van der Waals surface area contributed by atoms with Gasteiger partial charge in [-0.15, -0.1) is 0 Å². The third-order valence-corrected chi connectivity index (χ3v) is 3.76. The highest BCUT2D eigenvalue weighted by atomic mass is 16.5. The lowest BCUT2D eigenvalue weighted by Crippen LogP contribution is -2.21. The van der Waals surface area contributed by atoms with E-state index in [-0.39, 0.29) is 0 Å². The van der Waals surface area contributed by atoms with Crippen LogP contribution in [0.2, 0.25) is 0 Å². The van der Waals surface area contributed by atoms with Crippen LogP contribution in [0.3, 0.4) is 0 Å². The quantitative estimate of drug-likeness (QED) is 0.840. The predicted molar refractivity (Wildman–Crippen MR) is 74.0 cm³/mol. The maximum Gasteiger partial charge on any atom is 0.137 e. The van der Waals surface area contributed by atoms with E-state index in [0.717, 1.165) is 31.2 Å². The van der Waals surface area contributed by atoms with Crippen molar-refractivity contribution in [1.29, 1.82) is 0 Å². The van der Waals surface area contributed by atoms with Gasteiger partial charge < -0.3 is 10.1 Å². The fraction of sp³-hybridized carbons (Fsp3) is 0.667. The van der Waals surface area contributed by atoms with Crippen LogP contribution in [0.4, 0.5) is 0 Å². The summed E-state index contributed by atoms with van der Waals surface area (Å²) in [4.78, 5) is 4.33. The van der Waals surface area contributed by atoms with E-state index in [1.807, 2.05) is 19.4 Å². The summed E-state index contributed by atoms with van der Waals surface area (Å²) < 4.78 is 5.67. The summed E-state index contributed by atoms with van der Waals surface area (Å²) in [5, 5.41) is 3.31. The van der Waals surface area contributed by atoms with Gasteiger partial charge in [-0.25, -0.2) is 0 Å². The molecule has 1 heterocycles. The highest BCUT2D eigenvalue weighted by Crippen LogP contribution is 2.39. The molecule has 1 aliphatic carbocycles. The van der Waals surface area contributed by atoms with Gasteiger partial charge in [-0.1, -0.05) is 13.3 Å². The average Bonchev–Trinajstić information content (AvgIpc) is 2.85. The molecular formula is C15H24N2O. The molecule has 3 nitrogen and oxygen atoms in total. The lowest BCUT2D eigenvalue weighted by atomic mass is 9.90. The Kier molecular flexibility index (Phi) is 5.00. The van der Waals surface area contributed by atoms with Crippen LogP contribution < -0.4 is 10.1 Å². The average molecular weight is 248 g/mol. The highest BCUT2D eigenvalue weighted by Gasteiger charge is 2.28. The molecule has 1 aromatic rings. The Labute approximate surface area is 110 Å². The highest BCUT2D eigenvalue weighted by molar-refractivity contribution is 5.27. The Hall–Kier alpha value is -1.09. The van der Waals surface area contributed by atoms with Gasteiger partial charge in [0.15, 0.2) is 0 Å². The van der Waals surface area contributed by atoms with Crippen LogP contribution in [0.15, 0.2) is 18.5 Å². The molecule has 0 aromatic carbocycles. The summed E-state index contributed by atoms with van der Waals surface area (Å²) >= 11 is 0. The number of nitrogens with one attached hydrogen (secondary N) is 1. The molecule has 1 saturated carbocycles. The molecule has 100 valence electrons. The molecule has 3 heteroatoms. The molecule has 18 heavy (non-hydrogen) atoms. The smallest absolute Gasteiger partial charge is 0.137 e. The van der Waals surface area contributed by atoms with Gasteiger partial charge in [-0.2, -0.15) is 0 Å². The van der Waals surface area contributed by atoms with E-state index in [0.29, 0.717) is 5.92 Å². The second kappa shape index (κ2) is 6.74. The minimum atomic E-state index is 0.648. The van der Waals surface area contributed by atoms with Crippen LogP contribution in [-0.4, -0.2) is 25.2 Å². The third-order valence-electron chi connectivity index (χ3n) is 3.76. The first kappa shape index (κ1) is 13.3. The van der Waals surface area contributed by atoms with E-state index in [2.05, 4.69) is 23.3 Å². The van der Waals surface area contributed by atoms with Crippen molar-refractivity contribution in [2.45, 2.75) is 38.5 Å². The van der Waals surface area contributed by atoms with Crippen molar-refractivity contribution in [2.24, 2.45) is 5.92 Å². The minimum absolute atomic E-state index is 0.648. The molecule has 0 spiro atoms. The van der Waals surface area contributed by atoms with Crippen LogP contribution in [-0.2, 0) is 0 Å². The van der Waals surface area contributed by atoms with Crippen LogP contribution in [0.1, 0.15) is 44.1 Å². The van der Waals surface area contributed by atoms with Crippen molar-refractivity contribution in [3.63, 3.8) is 0 Å². The van der Waals surface area contributed by atoms with Crippen LogP contribution in [0.25, 0.3) is 0 Å². The van der Waals surface area contributed by atoms with Gasteiger partial charge in [0.2, 0.25) is 0 Å². The molecule has 2 unspecified atom stereocenters. The zero-order chi connectivity index (χ0) is 12.8. The third kappa shape index (κ3) is 3.22. The van der Waals surface area contributed by atoms with Crippen LogP contribution >= 0.6 is 0 Å². The van der Waals surface area contributed by atoms with Gasteiger partial charge in [-0.05, 0) is 56.3 Å². The van der Waals surface area contributed by atoms with E-state index in [1.54, 1.807) is 0 Å². The predicted octanol–water partition coefficient (Wildman–Crippen LogP) is 2.97. The second-order valence-electron chi connectivity index (χ2n) is 5.16. The van der Waals surface area contributed by atoms with Crippen LogP contribution in [0.5, 0.6) is 5.75 Å². The van der Waals surface area contributed by atoms with Crippen molar-refractivity contribution in [1.82, 2.24) is 10.3 Å². The molecule has 0 saturated heterocycles. The Bertz CT molecular complexity index is 367. The van der Waals surface area contributed by atoms with E-state index < -0.39 is 0 Å². The number of hydrogen-bond acceptors (Lipinski definition) is 3. The number of pyridine rings is 1. The zero-order valence-corrected chi connectivity index (χ0v) is 11.5. The maximum absolute atomic E-state index is 5.67. The minimum Gasteiger partial charge on any atom is -0.492 e. The molecule has 1 N–H and O–H groups in total. The first-order chi connectivity index (χ1) is 8.85. The Morgan fingerprint density at radius 3 is 3.06 bits per heavy atom. The van der Waals surface area contributed by atoms with E-state index in [4.69, 9.17) is 4.74 Å². The van der Waals surface area contributed by atoms with Gasteiger partial charge in [-0.3, -0.25) is 4.98 Å². The summed E-state index contributed by atoms with van der Waals surface area (Å²) in [5.74, 6) is 2.32. The van der Waals surface area contributed by atoms with Gasteiger partial charge in [0, 0.05) is 6.20 Å². The topological polar surface area (TPSA) is 34.1 Å². The van der Waals surface area contributed by atoms with E-state index >= 15 is 0 Å². The number of nitrogens with zero attached hydrogens (tertiary/aromatic N) is 1. The number of ether oxygens (including phenoxy) is 1. The fourth-order valence-electron chi connectivity index (χ4n) is 2.92. The lowest BCUT2D eigenvalue weighted by molar-refractivity contribution is 0.315. The first-order valence-corrected chi connectivity index (χ1v) is 7.07. The molecular weight excluding hydrogens is 224 g/mol. The normalized spacial score (nSPS) is 23.2. The summed E-state index contributed by atoms with van der Waals surface area (Å²) in [5.41, 5.74) is 1.35. The van der Waals surface area contributed by atoms with Crippen molar-refractivity contribution in [3.05, 3.63) is 24.0 Å². The molecule has 1 fully saturated rings. The van der Waals surface area contributed by atoms with Gasteiger partial charge >= 0.3 is 0 Å². The lowest BCUT2D eigenvalue weighted by Gasteiger charge is -2.19. The molecule has 1 aliphatic rings. The number of hydrogen-bond donors (Lipinski definition) is 1. The number of rotatable bonds is 6. The van der Waals surface area contributed by atoms with Gasteiger partial charge in [0.1, 0.15) is 5.75 Å². The van der Waals surface area contributed by atoms with Crippen molar-refractivity contribution in [2.75, 3.05) is 20.2 Å². The van der Waals surface area contributed by atoms with Crippen molar-refractivity contribution >= 4 is 0 Å². The first-order valence-electron chi connectivity index (χ1n) is 7.07. The molecule has 2 rings (SSSR count). The summed E-state index contributed by atoms with van der Waals surface area (Å²) in [6.07, 6.45) is 8.81. The van der Waals surface area contributed by atoms with E-state index in [1.165, 1.54) is 24.8 Å². The second-order valence-corrected chi connectivity index (χ2v) is 5.16. The fourth-order valence-corrected chi connectivity index (χ4v) is 2.92. The monoisotopic (exact) mass is 248 g/mol. The van der Waals surface area contributed by atoms with Gasteiger partial charge in [0.05, 0.1) is 12.8 Å². The van der Waals surface area contributed by atoms with Gasteiger partial charge in [0.25, 0.3) is 0 Å². The zero-order valence-electron chi connectivity index (χ0n) is 11.5. The molecule has 1 aromatic heterocycles. The van der Waals surface area contributed by atoms with Crippen molar-refractivity contribution in [3.8, 4) is 5.75 Å². The number of aromatic nitrogens is 1. The molecule has 0 radical (unpaired) electrons.